The SMILES string of the molecule is CCCNc1cc(S(=O)(=O)NC(C)(C)C)ccc1[N+](=O)[O-]. The first-order valence-electron chi connectivity index (χ1n) is 6.63. The van der Waals surface area contributed by atoms with Crippen LogP contribution in [-0.2, 0) is 10.0 Å². The Morgan fingerprint density at radius 1 is 1.29 bits per heavy atom. The minimum Gasteiger partial charge on any atom is -0.379 e. The Kier molecular flexibility index (Phi) is 5.30. The molecule has 1 aromatic carbocycles. The number of nitrogens with one attached hydrogen (secondary N) is 2. The summed E-state index contributed by atoms with van der Waals surface area (Å²) in [4.78, 5) is 10.4. The molecule has 0 aliphatic rings. The van der Waals surface area contributed by atoms with Crippen molar-refractivity contribution >= 4 is 21.4 Å². The molecule has 7 nitrogen and oxygen atoms in total. The van der Waals surface area contributed by atoms with Crippen molar-refractivity contribution in [3.8, 4) is 0 Å². The molecule has 0 bridgehead atoms. The molecule has 0 saturated carbocycles. The lowest BCUT2D eigenvalue weighted by Crippen LogP contribution is -2.40. The third-order valence-corrected chi connectivity index (χ3v) is 4.24. The maximum atomic E-state index is 12.2. The van der Waals surface area contributed by atoms with Gasteiger partial charge in [0.2, 0.25) is 10.0 Å². The second kappa shape index (κ2) is 6.40. The Labute approximate surface area is 124 Å². The van der Waals surface area contributed by atoms with Gasteiger partial charge in [0.15, 0.2) is 0 Å². The Balaban J connectivity index is 3.24. The zero-order valence-corrected chi connectivity index (χ0v) is 13.5. The predicted octanol–water partition coefficient (Wildman–Crippen LogP) is 2.49. The van der Waals surface area contributed by atoms with Gasteiger partial charge in [0.05, 0.1) is 9.82 Å². The first kappa shape index (κ1) is 17.4. The minimum absolute atomic E-state index is 0.00151. The summed E-state index contributed by atoms with van der Waals surface area (Å²) >= 11 is 0. The molecule has 1 aromatic rings. The number of nitro benzene ring substituents is 1. The molecule has 0 unspecified atom stereocenters. The topological polar surface area (TPSA) is 101 Å². The van der Waals surface area contributed by atoms with Crippen LogP contribution >= 0.6 is 0 Å². The highest BCUT2D eigenvalue weighted by atomic mass is 32.2. The van der Waals surface area contributed by atoms with E-state index in [2.05, 4.69) is 10.0 Å². The first-order valence-corrected chi connectivity index (χ1v) is 8.11. The monoisotopic (exact) mass is 315 g/mol. The van der Waals surface area contributed by atoms with Crippen LogP contribution in [0.5, 0.6) is 0 Å². The average Bonchev–Trinajstić information content (AvgIpc) is 2.32. The fraction of sp³-hybridized carbons (Fsp3) is 0.538. The summed E-state index contributed by atoms with van der Waals surface area (Å²) < 4.78 is 27.0. The van der Waals surface area contributed by atoms with Gasteiger partial charge in [-0.2, -0.15) is 0 Å². The average molecular weight is 315 g/mol. The second-order valence-corrected chi connectivity index (χ2v) is 7.40. The van der Waals surface area contributed by atoms with Crippen molar-refractivity contribution in [2.24, 2.45) is 0 Å². The van der Waals surface area contributed by atoms with E-state index in [1.54, 1.807) is 20.8 Å². The van der Waals surface area contributed by atoms with Crippen LogP contribution in [0.4, 0.5) is 11.4 Å². The number of sulfonamides is 1. The molecular formula is C13H21N3O4S. The molecule has 118 valence electrons. The van der Waals surface area contributed by atoms with Crippen molar-refractivity contribution in [1.29, 1.82) is 0 Å². The number of nitro groups is 1. The van der Waals surface area contributed by atoms with Crippen molar-refractivity contribution in [2.45, 2.75) is 44.6 Å². The zero-order chi connectivity index (χ0) is 16.3. The van der Waals surface area contributed by atoms with E-state index in [-0.39, 0.29) is 16.3 Å². The lowest BCUT2D eigenvalue weighted by Gasteiger charge is -2.20. The Morgan fingerprint density at radius 2 is 1.90 bits per heavy atom. The molecule has 0 aliphatic carbocycles. The fourth-order valence-electron chi connectivity index (χ4n) is 1.70. The molecule has 2 N–H and O–H groups in total. The Hall–Kier alpha value is -1.67. The molecule has 0 amide bonds. The molecule has 0 spiro atoms. The van der Waals surface area contributed by atoms with Gasteiger partial charge >= 0.3 is 0 Å². The molecule has 0 atom stereocenters. The van der Waals surface area contributed by atoms with Gasteiger partial charge in [-0.15, -0.1) is 0 Å². The highest BCUT2D eigenvalue weighted by molar-refractivity contribution is 7.89. The van der Waals surface area contributed by atoms with E-state index in [9.17, 15) is 18.5 Å². The van der Waals surface area contributed by atoms with Crippen molar-refractivity contribution in [1.82, 2.24) is 4.72 Å². The largest absolute Gasteiger partial charge is 0.379 e. The van der Waals surface area contributed by atoms with E-state index in [0.29, 0.717) is 6.54 Å². The van der Waals surface area contributed by atoms with Gasteiger partial charge in [-0.1, -0.05) is 6.92 Å². The van der Waals surface area contributed by atoms with Crippen LogP contribution in [0, 0.1) is 10.1 Å². The maximum Gasteiger partial charge on any atom is 0.292 e. The first-order chi connectivity index (χ1) is 9.57. The van der Waals surface area contributed by atoms with Gasteiger partial charge in [0.1, 0.15) is 5.69 Å². The van der Waals surface area contributed by atoms with Crippen molar-refractivity contribution in [3.05, 3.63) is 28.3 Å². The van der Waals surface area contributed by atoms with Gasteiger partial charge in [0, 0.05) is 18.2 Å². The van der Waals surface area contributed by atoms with Crippen LogP contribution in [0.1, 0.15) is 34.1 Å². The van der Waals surface area contributed by atoms with Crippen molar-refractivity contribution in [2.75, 3.05) is 11.9 Å². The van der Waals surface area contributed by atoms with Gasteiger partial charge in [-0.3, -0.25) is 10.1 Å². The van der Waals surface area contributed by atoms with Crippen LogP contribution in [0.3, 0.4) is 0 Å². The number of hydrogen-bond acceptors (Lipinski definition) is 5. The highest BCUT2D eigenvalue weighted by Gasteiger charge is 2.24. The fourth-order valence-corrected chi connectivity index (χ4v) is 3.15. The van der Waals surface area contributed by atoms with Crippen LogP contribution in [0.25, 0.3) is 0 Å². The second-order valence-electron chi connectivity index (χ2n) is 5.72. The Morgan fingerprint density at radius 3 is 2.38 bits per heavy atom. The molecule has 1 rings (SSSR count). The third kappa shape index (κ3) is 4.98. The number of anilines is 1. The van der Waals surface area contributed by atoms with Crippen LogP contribution in [0.15, 0.2) is 23.1 Å². The molecule has 0 fully saturated rings. The smallest absolute Gasteiger partial charge is 0.292 e. The van der Waals surface area contributed by atoms with Gasteiger partial charge < -0.3 is 5.32 Å². The third-order valence-electron chi connectivity index (χ3n) is 2.48. The van der Waals surface area contributed by atoms with E-state index in [4.69, 9.17) is 0 Å². The number of hydrogen-bond donors (Lipinski definition) is 2. The lowest BCUT2D eigenvalue weighted by atomic mass is 10.1. The minimum atomic E-state index is -3.72. The van der Waals surface area contributed by atoms with Gasteiger partial charge in [-0.25, -0.2) is 13.1 Å². The highest BCUT2D eigenvalue weighted by Crippen LogP contribution is 2.27. The molecule has 0 saturated heterocycles. The molecule has 0 aromatic heterocycles. The van der Waals surface area contributed by atoms with E-state index >= 15 is 0 Å². The van der Waals surface area contributed by atoms with E-state index in [1.807, 2.05) is 6.92 Å². The summed E-state index contributed by atoms with van der Waals surface area (Å²) in [7, 11) is -3.72. The summed E-state index contributed by atoms with van der Waals surface area (Å²) in [5.74, 6) is 0. The number of nitrogens with zero attached hydrogens (tertiary/aromatic N) is 1. The standard InChI is InChI=1S/C13H21N3O4S/c1-5-8-14-11-9-10(6-7-12(11)16(17)18)21(19,20)15-13(2,3)4/h6-7,9,14-15H,5,8H2,1-4H3. The number of benzene rings is 1. The molecular weight excluding hydrogens is 294 g/mol. The predicted molar refractivity (Wildman–Crippen MR) is 82.0 cm³/mol. The summed E-state index contributed by atoms with van der Waals surface area (Å²) in [6, 6.07) is 3.74. The summed E-state index contributed by atoms with van der Waals surface area (Å²) in [5.41, 5.74) is -0.561. The summed E-state index contributed by atoms with van der Waals surface area (Å²) in [6.07, 6.45) is 0.772. The van der Waals surface area contributed by atoms with Gasteiger partial charge in [0.25, 0.3) is 5.69 Å². The molecule has 0 radical (unpaired) electrons. The van der Waals surface area contributed by atoms with Crippen molar-refractivity contribution < 1.29 is 13.3 Å². The van der Waals surface area contributed by atoms with Gasteiger partial charge in [-0.05, 0) is 39.3 Å². The number of rotatable bonds is 6. The molecule has 0 aliphatic heterocycles. The molecule has 8 heteroatoms. The summed E-state index contributed by atoms with van der Waals surface area (Å²) in [6.45, 7) is 7.63. The lowest BCUT2D eigenvalue weighted by molar-refractivity contribution is -0.384. The quantitative estimate of drug-likeness (QED) is 0.620. The van der Waals surface area contributed by atoms with E-state index in [0.717, 1.165) is 6.42 Å². The van der Waals surface area contributed by atoms with Crippen LogP contribution < -0.4 is 10.0 Å². The zero-order valence-electron chi connectivity index (χ0n) is 12.6. The molecule has 0 heterocycles. The molecule has 21 heavy (non-hydrogen) atoms. The summed E-state index contributed by atoms with van der Waals surface area (Å²) in [5, 5.41) is 13.9. The van der Waals surface area contributed by atoms with E-state index in [1.165, 1.54) is 18.2 Å². The normalized spacial score (nSPS) is 12.2. The van der Waals surface area contributed by atoms with Crippen molar-refractivity contribution in [3.63, 3.8) is 0 Å². The van der Waals surface area contributed by atoms with Crippen LogP contribution in [0.2, 0.25) is 0 Å². The van der Waals surface area contributed by atoms with Crippen LogP contribution in [-0.4, -0.2) is 25.4 Å². The van der Waals surface area contributed by atoms with E-state index < -0.39 is 20.5 Å². The maximum absolute atomic E-state index is 12.2. The Bertz CT molecular complexity index is 621.